The zero-order valence-corrected chi connectivity index (χ0v) is 15.8. The molecule has 1 atom stereocenters. The number of hydrogen-bond acceptors (Lipinski definition) is 6. The fraction of sp³-hybridized carbons (Fsp3) is 0.353. The molecule has 138 valence electrons. The third-order valence-electron chi connectivity index (χ3n) is 4.29. The molecule has 3 rings (SSSR count). The number of rotatable bonds is 5. The summed E-state index contributed by atoms with van der Waals surface area (Å²) in [6.07, 6.45) is 1.87. The second-order valence-corrected chi connectivity index (χ2v) is 8.67. The molecule has 26 heavy (non-hydrogen) atoms. The number of para-hydroxylation sites is 1. The summed E-state index contributed by atoms with van der Waals surface area (Å²) in [4.78, 5) is 22.6. The molecule has 1 unspecified atom stereocenters. The highest BCUT2D eigenvalue weighted by Gasteiger charge is 2.32. The van der Waals surface area contributed by atoms with Crippen molar-refractivity contribution in [1.82, 2.24) is 9.97 Å². The summed E-state index contributed by atoms with van der Waals surface area (Å²) >= 11 is 6.06. The second kappa shape index (κ2) is 7.59. The van der Waals surface area contributed by atoms with E-state index in [0.29, 0.717) is 29.5 Å². The van der Waals surface area contributed by atoms with Gasteiger partial charge in [0, 0.05) is 18.7 Å². The molecule has 1 amide bonds. The van der Waals surface area contributed by atoms with E-state index in [9.17, 15) is 13.2 Å². The van der Waals surface area contributed by atoms with Crippen LogP contribution in [0.1, 0.15) is 23.8 Å². The van der Waals surface area contributed by atoms with Crippen molar-refractivity contribution in [3.63, 3.8) is 0 Å². The first-order valence-electron chi connectivity index (χ1n) is 8.24. The summed E-state index contributed by atoms with van der Waals surface area (Å²) in [5.74, 6) is 0.413. The minimum atomic E-state index is -3.01. The molecule has 1 aromatic heterocycles. The first-order chi connectivity index (χ1) is 12.4. The van der Waals surface area contributed by atoms with Crippen LogP contribution >= 0.6 is 11.6 Å². The van der Waals surface area contributed by atoms with Crippen LogP contribution in [0.25, 0.3) is 0 Å². The van der Waals surface area contributed by atoms with Crippen LogP contribution in [0.5, 0.6) is 0 Å². The Hall–Kier alpha value is -2.19. The number of nitrogens with one attached hydrogen (secondary N) is 1. The molecule has 0 aliphatic carbocycles. The van der Waals surface area contributed by atoms with Gasteiger partial charge < -0.3 is 10.2 Å². The molecule has 0 spiro atoms. The molecule has 1 aromatic carbocycles. The van der Waals surface area contributed by atoms with Gasteiger partial charge in [0.15, 0.2) is 9.84 Å². The van der Waals surface area contributed by atoms with Crippen LogP contribution in [0.15, 0.2) is 36.7 Å². The number of carbonyl (C=O) groups excluding carboxylic acids is 1. The monoisotopic (exact) mass is 394 g/mol. The lowest BCUT2D eigenvalue weighted by Crippen LogP contribution is -2.37. The maximum atomic E-state index is 12.5. The van der Waals surface area contributed by atoms with Crippen LogP contribution in [-0.2, 0) is 9.84 Å². The van der Waals surface area contributed by atoms with E-state index in [-0.39, 0.29) is 23.2 Å². The van der Waals surface area contributed by atoms with Crippen LogP contribution < -0.4 is 10.2 Å². The summed E-state index contributed by atoms with van der Waals surface area (Å²) in [5, 5.41) is 3.15. The number of amides is 1. The van der Waals surface area contributed by atoms with Crippen molar-refractivity contribution in [2.45, 2.75) is 19.4 Å². The summed E-state index contributed by atoms with van der Waals surface area (Å²) in [6.45, 7) is 2.51. The van der Waals surface area contributed by atoms with Crippen LogP contribution in [0.2, 0.25) is 5.02 Å². The zero-order valence-electron chi connectivity index (χ0n) is 14.2. The van der Waals surface area contributed by atoms with Gasteiger partial charge in [-0.1, -0.05) is 23.7 Å². The molecule has 1 saturated heterocycles. The van der Waals surface area contributed by atoms with Crippen molar-refractivity contribution in [2.75, 3.05) is 28.3 Å². The fourth-order valence-corrected chi connectivity index (χ4v) is 4.92. The van der Waals surface area contributed by atoms with E-state index in [1.54, 1.807) is 30.3 Å². The molecule has 1 fully saturated rings. The lowest BCUT2D eigenvalue weighted by molar-refractivity contribution is 0.102. The van der Waals surface area contributed by atoms with Gasteiger partial charge in [-0.2, -0.15) is 0 Å². The Kier molecular flexibility index (Phi) is 5.43. The topological polar surface area (TPSA) is 92.3 Å². The second-order valence-electron chi connectivity index (χ2n) is 6.04. The maximum absolute atomic E-state index is 12.5. The van der Waals surface area contributed by atoms with Gasteiger partial charge in [0.25, 0.3) is 5.91 Å². The maximum Gasteiger partial charge on any atom is 0.274 e. The average Bonchev–Trinajstić information content (AvgIpc) is 2.97. The van der Waals surface area contributed by atoms with Crippen molar-refractivity contribution < 1.29 is 13.2 Å². The molecular weight excluding hydrogens is 376 g/mol. The molecule has 2 aromatic rings. The van der Waals surface area contributed by atoms with Crippen LogP contribution in [0, 0.1) is 0 Å². The third kappa shape index (κ3) is 4.13. The number of hydrogen-bond donors (Lipinski definition) is 1. The van der Waals surface area contributed by atoms with E-state index in [4.69, 9.17) is 11.6 Å². The van der Waals surface area contributed by atoms with Crippen LogP contribution in [0.3, 0.4) is 0 Å². The average molecular weight is 395 g/mol. The Bertz CT molecular complexity index is 920. The van der Waals surface area contributed by atoms with E-state index < -0.39 is 15.7 Å². The Morgan fingerprint density at radius 2 is 2.12 bits per heavy atom. The van der Waals surface area contributed by atoms with E-state index >= 15 is 0 Å². The molecule has 2 heterocycles. The Balaban J connectivity index is 1.81. The number of benzene rings is 1. The largest absolute Gasteiger partial charge is 0.353 e. The van der Waals surface area contributed by atoms with E-state index in [1.165, 1.54) is 6.33 Å². The van der Waals surface area contributed by atoms with E-state index in [1.807, 2.05) is 11.8 Å². The fourth-order valence-electron chi connectivity index (χ4n) is 3.01. The molecule has 1 N–H and O–H groups in total. The highest BCUT2D eigenvalue weighted by Crippen LogP contribution is 2.24. The molecule has 0 saturated carbocycles. The molecule has 1 aliphatic heterocycles. The van der Waals surface area contributed by atoms with Gasteiger partial charge >= 0.3 is 0 Å². The van der Waals surface area contributed by atoms with Crippen molar-refractivity contribution in [3.8, 4) is 0 Å². The normalized spacial score (nSPS) is 18.5. The summed E-state index contributed by atoms with van der Waals surface area (Å²) in [6, 6.07) is 8.36. The molecule has 0 bridgehead atoms. The predicted octanol–water partition coefficient (Wildman–Crippen LogP) is 2.40. The van der Waals surface area contributed by atoms with Gasteiger partial charge in [-0.25, -0.2) is 18.4 Å². The Morgan fingerprint density at radius 3 is 2.77 bits per heavy atom. The number of sulfone groups is 1. The predicted molar refractivity (Wildman–Crippen MR) is 102 cm³/mol. The van der Waals surface area contributed by atoms with Crippen molar-refractivity contribution in [3.05, 3.63) is 47.4 Å². The summed E-state index contributed by atoms with van der Waals surface area (Å²) in [5.41, 5.74) is 0.683. The van der Waals surface area contributed by atoms with Gasteiger partial charge in [0.05, 0.1) is 22.2 Å². The van der Waals surface area contributed by atoms with Crippen molar-refractivity contribution in [2.24, 2.45) is 0 Å². The quantitative estimate of drug-likeness (QED) is 0.837. The first-order valence-corrected chi connectivity index (χ1v) is 10.4. The Labute approximate surface area is 157 Å². The minimum absolute atomic E-state index is 0.103. The molecule has 0 radical (unpaired) electrons. The highest BCUT2D eigenvalue weighted by molar-refractivity contribution is 7.91. The highest BCUT2D eigenvalue weighted by atomic mass is 35.5. The smallest absolute Gasteiger partial charge is 0.274 e. The third-order valence-corrected chi connectivity index (χ3v) is 6.37. The van der Waals surface area contributed by atoms with Crippen molar-refractivity contribution in [1.29, 1.82) is 0 Å². The van der Waals surface area contributed by atoms with Crippen molar-refractivity contribution >= 4 is 38.9 Å². The van der Waals surface area contributed by atoms with Gasteiger partial charge in [-0.15, -0.1) is 0 Å². The SMILES string of the molecule is CCN(c1cc(C(=O)Nc2ccccc2Cl)ncn1)C1CCS(=O)(=O)C1. The summed E-state index contributed by atoms with van der Waals surface area (Å²) < 4.78 is 23.5. The molecule has 9 heteroatoms. The van der Waals surface area contributed by atoms with Gasteiger partial charge in [-0.3, -0.25) is 4.79 Å². The van der Waals surface area contributed by atoms with Gasteiger partial charge in [0.2, 0.25) is 0 Å². The molecule has 7 nitrogen and oxygen atoms in total. The first kappa shape index (κ1) is 18.6. The molecular formula is C17H19ClN4O3S. The number of anilines is 2. The van der Waals surface area contributed by atoms with Gasteiger partial charge in [0.1, 0.15) is 17.8 Å². The lowest BCUT2D eigenvalue weighted by atomic mass is 10.2. The standard InChI is InChI=1S/C17H19ClN4O3S/c1-2-22(12-7-8-26(24,25)10-12)16-9-15(19-11-20-16)17(23)21-14-6-4-3-5-13(14)18/h3-6,9,11-12H,2,7-8,10H2,1H3,(H,21,23). The number of nitrogens with zero attached hydrogens (tertiary/aromatic N) is 3. The van der Waals surface area contributed by atoms with Crippen LogP contribution in [0.4, 0.5) is 11.5 Å². The summed E-state index contributed by atoms with van der Waals surface area (Å²) in [7, 11) is -3.01. The number of aromatic nitrogens is 2. The number of carbonyl (C=O) groups is 1. The lowest BCUT2D eigenvalue weighted by Gasteiger charge is -2.27. The Morgan fingerprint density at radius 1 is 1.35 bits per heavy atom. The molecule has 1 aliphatic rings. The minimum Gasteiger partial charge on any atom is -0.353 e. The van der Waals surface area contributed by atoms with E-state index in [2.05, 4.69) is 15.3 Å². The van der Waals surface area contributed by atoms with E-state index in [0.717, 1.165) is 0 Å². The van der Waals surface area contributed by atoms with Gasteiger partial charge in [-0.05, 0) is 25.5 Å². The zero-order chi connectivity index (χ0) is 18.7. The number of halogens is 1. The van der Waals surface area contributed by atoms with Crippen LogP contribution in [-0.4, -0.2) is 48.4 Å².